The molecule has 7 rings (SSSR count). The molecular weight excluding hydrogens is 450 g/mol. The summed E-state index contributed by atoms with van der Waals surface area (Å²) in [6.45, 7) is 4.64. The second kappa shape index (κ2) is 8.21. The van der Waals surface area contributed by atoms with E-state index in [1.165, 1.54) is 22.5 Å². The zero-order valence-electron chi connectivity index (χ0n) is 21.0. The summed E-state index contributed by atoms with van der Waals surface area (Å²) in [5, 5.41) is 0. The van der Waals surface area contributed by atoms with Crippen LogP contribution in [0, 0.1) is 0 Å². The number of fused-ring (bicyclic) bond motifs is 3. The Morgan fingerprint density at radius 3 is 1.78 bits per heavy atom. The zero-order valence-corrected chi connectivity index (χ0v) is 21.0. The van der Waals surface area contributed by atoms with E-state index in [1.54, 1.807) is 0 Å². The maximum absolute atomic E-state index is 5.19. The maximum atomic E-state index is 5.19. The van der Waals surface area contributed by atoms with Crippen molar-refractivity contribution in [1.82, 2.24) is 9.55 Å². The van der Waals surface area contributed by atoms with Crippen molar-refractivity contribution in [3.05, 3.63) is 139 Å². The van der Waals surface area contributed by atoms with Crippen LogP contribution in [-0.2, 0) is 5.41 Å². The van der Waals surface area contributed by atoms with Crippen LogP contribution < -0.4 is 4.90 Å². The van der Waals surface area contributed by atoms with E-state index in [0.29, 0.717) is 0 Å². The minimum atomic E-state index is -0.101. The number of anilines is 3. The molecule has 3 nitrogen and oxygen atoms in total. The van der Waals surface area contributed by atoms with Gasteiger partial charge in [0.05, 0.1) is 28.1 Å². The SMILES string of the molecule is CC1(C)c2ccccc2N(c2ccccc2-c2nc3ccccc3n2-c2ccccc2)c2ccccc21. The Labute approximate surface area is 217 Å². The lowest BCUT2D eigenvalue weighted by Gasteiger charge is -2.42. The smallest absolute Gasteiger partial charge is 0.147 e. The molecule has 3 heteroatoms. The number of para-hydroxylation sites is 6. The molecule has 1 aliphatic heterocycles. The monoisotopic (exact) mass is 477 g/mol. The molecule has 0 unspecified atom stereocenters. The van der Waals surface area contributed by atoms with Crippen LogP contribution in [0.5, 0.6) is 0 Å². The summed E-state index contributed by atoms with van der Waals surface area (Å²) in [5.74, 6) is 0.933. The fraction of sp³-hybridized carbons (Fsp3) is 0.0882. The second-order valence-corrected chi connectivity index (χ2v) is 10.1. The molecule has 0 bridgehead atoms. The van der Waals surface area contributed by atoms with Gasteiger partial charge in [-0.05, 0) is 59.7 Å². The number of imidazole rings is 1. The van der Waals surface area contributed by atoms with Gasteiger partial charge < -0.3 is 4.90 Å². The van der Waals surface area contributed by atoms with Crippen LogP contribution in [0.1, 0.15) is 25.0 Å². The predicted molar refractivity (Wildman–Crippen MR) is 153 cm³/mol. The van der Waals surface area contributed by atoms with Crippen molar-refractivity contribution >= 4 is 28.1 Å². The molecule has 178 valence electrons. The van der Waals surface area contributed by atoms with Gasteiger partial charge in [-0.25, -0.2) is 4.98 Å². The minimum absolute atomic E-state index is 0.101. The van der Waals surface area contributed by atoms with Crippen LogP contribution in [0.4, 0.5) is 17.1 Å². The molecular formula is C34H27N3. The first-order chi connectivity index (χ1) is 18.1. The molecule has 0 saturated carbocycles. The van der Waals surface area contributed by atoms with Gasteiger partial charge in [0.25, 0.3) is 0 Å². The van der Waals surface area contributed by atoms with E-state index in [0.717, 1.165) is 33.8 Å². The summed E-state index contributed by atoms with van der Waals surface area (Å²) in [6.07, 6.45) is 0. The largest absolute Gasteiger partial charge is 0.309 e. The van der Waals surface area contributed by atoms with E-state index in [2.05, 4.69) is 151 Å². The molecule has 1 aliphatic rings. The fourth-order valence-electron chi connectivity index (χ4n) is 5.83. The fourth-order valence-corrected chi connectivity index (χ4v) is 5.83. The highest BCUT2D eigenvalue weighted by Gasteiger charge is 2.37. The highest BCUT2D eigenvalue weighted by atomic mass is 15.2. The Balaban J connectivity index is 1.54. The molecule has 0 spiro atoms. The second-order valence-electron chi connectivity index (χ2n) is 10.1. The molecule has 0 N–H and O–H groups in total. The van der Waals surface area contributed by atoms with Gasteiger partial charge in [-0.15, -0.1) is 0 Å². The van der Waals surface area contributed by atoms with Crippen LogP contribution in [0.3, 0.4) is 0 Å². The van der Waals surface area contributed by atoms with Crippen LogP contribution in [0.15, 0.2) is 127 Å². The van der Waals surface area contributed by atoms with Gasteiger partial charge in [0.2, 0.25) is 0 Å². The van der Waals surface area contributed by atoms with Crippen LogP contribution in [0.25, 0.3) is 28.1 Å². The number of hydrogen-bond donors (Lipinski definition) is 0. The normalized spacial score (nSPS) is 13.8. The van der Waals surface area contributed by atoms with Gasteiger partial charge in [0.1, 0.15) is 5.82 Å². The van der Waals surface area contributed by atoms with Crippen LogP contribution in [0.2, 0.25) is 0 Å². The number of rotatable bonds is 3. The molecule has 0 aliphatic carbocycles. The van der Waals surface area contributed by atoms with E-state index in [1.807, 2.05) is 0 Å². The Morgan fingerprint density at radius 2 is 1.08 bits per heavy atom. The van der Waals surface area contributed by atoms with Crippen molar-refractivity contribution in [2.45, 2.75) is 19.3 Å². The van der Waals surface area contributed by atoms with Crippen molar-refractivity contribution in [2.75, 3.05) is 4.90 Å². The average Bonchev–Trinajstić information content (AvgIpc) is 3.34. The first-order valence-corrected chi connectivity index (χ1v) is 12.8. The molecule has 6 aromatic rings. The predicted octanol–water partition coefficient (Wildman–Crippen LogP) is 8.80. The summed E-state index contributed by atoms with van der Waals surface area (Å²) >= 11 is 0. The van der Waals surface area contributed by atoms with E-state index < -0.39 is 0 Å². The molecule has 2 heterocycles. The van der Waals surface area contributed by atoms with Gasteiger partial charge in [-0.2, -0.15) is 0 Å². The molecule has 0 fully saturated rings. The number of hydrogen-bond acceptors (Lipinski definition) is 2. The van der Waals surface area contributed by atoms with Crippen molar-refractivity contribution in [3.63, 3.8) is 0 Å². The molecule has 0 atom stereocenters. The summed E-state index contributed by atoms with van der Waals surface area (Å²) in [4.78, 5) is 7.61. The first-order valence-electron chi connectivity index (χ1n) is 12.8. The van der Waals surface area contributed by atoms with Gasteiger partial charge in [0.15, 0.2) is 0 Å². The van der Waals surface area contributed by atoms with Crippen molar-refractivity contribution in [1.29, 1.82) is 0 Å². The van der Waals surface area contributed by atoms with E-state index >= 15 is 0 Å². The Bertz CT molecular complexity index is 1710. The molecule has 0 saturated heterocycles. The number of aromatic nitrogens is 2. The first kappa shape index (κ1) is 21.6. The van der Waals surface area contributed by atoms with Gasteiger partial charge in [0, 0.05) is 16.7 Å². The van der Waals surface area contributed by atoms with E-state index in [4.69, 9.17) is 4.98 Å². The minimum Gasteiger partial charge on any atom is -0.309 e. The van der Waals surface area contributed by atoms with Crippen LogP contribution in [-0.4, -0.2) is 9.55 Å². The number of benzene rings is 5. The third-order valence-electron chi connectivity index (χ3n) is 7.60. The summed E-state index contributed by atoms with van der Waals surface area (Å²) in [5.41, 5.74) is 10.3. The lowest BCUT2D eigenvalue weighted by Crippen LogP contribution is -2.30. The molecule has 0 radical (unpaired) electrons. The van der Waals surface area contributed by atoms with Gasteiger partial charge >= 0.3 is 0 Å². The average molecular weight is 478 g/mol. The molecule has 1 aromatic heterocycles. The lowest BCUT2D eigenvalue weighted by atomic mass is 9.73. The standard InChI is InChI=1S/C34H27N3/c1-34(2)26-17-7-11-21-30(26)37(31-22-12-8-18-27(31)34)29-20-10-6-16-25(29)33-35-28-19-9-13-23-32(28)36(33)24-14-4-3-5-15-24/h3-23H,1-2H3. The van der Waals surface area contributed by atoms with Gasteiger partial charge in [-0.3, -0.25) is 4.57 Å². The van der Waals surface area contributed by atoms with E-state index in [9.17, 15) is 0 Å². The van der Waals surface area contributed by atoms with Crippen molar-refractivity contribution in [3.8, 4) is 17.1 Å². The summed E-state index contributed by atoms with van der Waals surface area (Å²) in [7, 11) is 0. The topological polar surface area (TPSA) is 21.1 Å². The van der Waals surface area contributed by atoms with Crippen molar-refractivity contribution in [2.24, 2.45) is 0 Å². The third kappa shape index (κ3) is 3.24. The maximum Gasteiger partial charge on any atom is 0.147 e. The quantitative estimate of drug-likeness (QED) is 0.254. The molecule has 0 amide bonds. The summed E-state index contributed by atoms with van der Waals surface area (Å²) < 4.78 is 2.28. The number of nitrogens with zero attached hydrogens (tertiary/aromatic N) is 3. The highest BCUT2D eigenvalue weighted by Crippen LogP contribution is 2.53. The van der Waals surface area contributed by atoms with Gasteiger partial charge in [-0.1, -0.05) is 92.7 Å². The van der Waals surface area contributed by atoms with Crippen molar-refractivity contribution < 1.29 is 0 Å². The summed E-state index contributed by atoms with van der Waals surface area (Å²) in [6, 6.07) is 45.1. The molecule has 37 heavy (non-hydrogen) atoms. The van der Waals surface area contributed by atoms with Crippen LogP contribution >= 0.6 is 0 Å². The molecule has 5 aromatic carbocycles. The third-order valence-corrected chi connectivity index (χ3v) is 7.60. The Hall–Kier alpha value is -4.63. The Morgan fingerprint density at radius 1 is 0.541 bits per heavy atom. The lowest BCUT2D eigenvalue weighted by molar-refractivity contribution is 0.632. The zero-order chi connectivity index (χ0) is 25.0. The Kier molecular flexibility index (Phi) is 4.80. The van der Waals surface area contributed by atoms with E-state index in [-0.39, 0.29) is 5.41 Å². The highest BCUT2D eigenvalue weighted by molar-refractivity contribution is 5.93.